The molecule has 0 radical (unpaired) electrons. The topological polar surface area (TPSA) is 86.7 Å². The van der Waals surface area contributed by atoms with E-state index in [0.29, 0.717) is 73.2 Å². The van der Waals surface area contributed by atoms with E-state index in [2.05, 4.69) is 13.8 Å². The van der Waals surface area contributed by atoms with E-state index < -0.39 is 0 Å². The lowest BCUT2D eigenvalue weighted by Gasteiger charge is -2.18. The predicted molar refractivity (Wildman–Crippen MR) is 236 cm³/mol. The lowest BCUT2D eigenvalue weighted by atomic mass is 9.89. The van der Waals surface area contributed by atoms with Crippen LogP contribution in [0, 0.1) is 0 Å². The zero-order valence-electron chi connectivity index (χ0n) is 33.8. The summed E-state index contributed by atoms with van der Waals surface area (Å²) in [6.45, 7) is 5.53. The van der Waals surface area contributed by atoms with Crippen LogP contribution < -0.4 is 31.2 Å². The average molecular weight is 757 g/mol. The van der Waals surface area contributed by atoms with E-state index in [9.17, 15) is 19.2 Å². The van der Waals surface area contributed by atoms with Crippen LogP contribution in [0.5, 0.6) is 11.5 Å². The summed E-state index contributed by atoms with van der Waals surface area (Å²) in [5.74, 6) is 1.24. The second-order valence-corrected chi connectivity index (χ2v) is 15.9. The maximum Gasteiger partial charge on any atom is 0.187 e. The van der Waals surface area contributed by atoms with Crippen molar-refractivity contribution < 1.29 is 9.47 Å². The minimum Gasteiger partial charge on any atom is -0.493 e. The van der Waals surface area contributed by atoms with Crippen molar-refractivity contribution in [2.75, 3.05) is 13.2 Å². The molecule has 6 aromatic rings. The number of rotatable bonds is 24. The lowest BCUT2D eigenvalue weighted by Crippen LogP contribution is -2.11. The molecule has 0 N–H and O–H groups in total. The Labute approximate surface area is 330 Å². The molecule has 6 aromatic carbocycles. The standard InChI is InChI=1S/C50H60O6/c1-3-5-7-9-11-13-15-17-19-21-31-55-44-33-35-34-45(56-32-22-20-18-16-14-12-10-8-6-4-2)39-26-24-37-41(52)28-30-43(54)48(37)50(39)46(35)49-38(44)25-23-36-40(51)27-29-42(53)47(36)49/h23-30,33-34H,3-22,31-32H2,1-2H3. The second-order valence-electron chi connectivity index (χ2n) is 15.9. The van der Waals surface area contributed by atoms with Gasteiger partial charge in [0.1, 0.15) is 11.5 Å². The van der Waals surface area contributed by atoms with Crippen LogP contribution in [0.25, 0.3) is 53.9 Å². The number of ether oxygens (including phenoxy) is 2. The van der Waals surface area contributed by atoms with Crippen LogP contribution in [0.2, 0.25) is 0 Å². The summed E-state index contributed by atoms with van der Waals surface area (Å²) >= 11 is 0. The van der Waals surface area contributed by atoms with E-state index in [-0.39, 0.29) is 21.7 Å². The van der Waals surface area contributed by atoms with E-state index in [4.69, 9.17) is 9.47 Å². The van der Waals surface area contributed by atoms with E-state index in [0.717, 1.165) is 31.1 Å². The van der Waals surface area contributed by atoms with Gasteiger partial charge in [0.05, 0.1) is 13.2 Å². The van der Waals surface area contributed by atoms with Gasteiger partial charge in [-0.05, 0) is 84.3 Å². The monoisotopic (exact) mass is 756 g/mol. The van der Waals surface area contributed by atoms with Gasteiger partial charge in [-0.15, -0.1) is 0 Å². The first-order valence-corrected chi connectivity index (χ1v) is 21.8. The molecule has 0 aromatic heterocycles. The van der Waals surface area contributed by atoms with Crippen LogP contribution >= 0.6 is 0 Å². The maximum absolute atomic E-state index is 13.8. The molecule has 6 rings (SSSR count). The Bertz CT molecular complexity index is 2290. The largest absolute Gasteiger partial charge is 0.493 e. The number of hydrogen-bond donors (Lipinski definition) is 0. The van der Waals surface area contributed by atoms with Gasteiger partial charge in [-0.1, -0.05) is 129 Å². The van der Waals surface area contributed by atoms with E-state index in [1.807, 2.05) is 24.3 Å². The molecule has 6 nitrogen and oxygen atoms in total. The summed E-state index contributed by atoms with van der Waals surface area (Å²) in [5.41, 5.74) is -1.05. The fourth-order valence-corrected chi connectivity index (χ4v) is 8.53. The highest BCUT2D eigenvalue weighted by Gasteiger charge is 2.21. The molecule has 0 aliphatic heterocycles. The average Bonchev–Trinajstić information content (AvgIpc) is 3.20. The van der Waals surface area contributed by atoms with Gasteiger partial charge in [0.15, 0.2) is 21.7 Å². The Kier molecular flexibility index (Phi) is 15.1. The minimum atomic E-state index is -0.278. The third-order valence-electron chi connectivity index (χ3n) is 11.6. The number of benzene rings is 6. The summed E-state index contributed by atoms with van der Waals surface area (Å²) in [4.78, 5) is 53.9. The molecule has 0 spiro atoms. The lowest BCUT2D eigenvalue weighted by molar-refractivity contribution is 0.307. The molecule has 0 fully saturated rings. The van der Waals surface area contributed by atoms with Gasteiger partial charge in [0, 0.05) is 43.1 Å². The number of fused-ring (bicyclic) bond motifs is 9. The molecule has 6 heteroatoms. The molecule has 0 saturated carbocycles. The molecule has 0 bridgehead atoms. The van der Waals surface area contributed by atoms with Crippen molar-refractivity contribution in [2.24, 2.45) is 0 Å². The second kappa shape index (κ2) is 20.5. The van der Waals surface area contributed by atoms with Gasteiger partial charge < -0.3 is 9.47 Å². The first-order valence-electron chi connectivity index (χ1n) is 21.8. The molecule has 0 amide bonds. The Morgan fingerprint density at radius 3 is 1.04 bits per heavy atom. The summed E-state index contributed by atoms with van der Waals surface area (Å²) in [6, 6.07) is 16.4. The summed E-state index contributed by atoms with van der Waals surface area (Å²) in [5, 5.41) is 5.14. The molecule has 296 valence electrons. The van der Waals surface area contributed by atoms with Gasteiger partial charge in [-0.3, -0.25) is 19.2 Å². The van der Waals surface area contributed by atoms with Crippen LogP contribution in [0.15, 0.2) is 79.8 Å². The highest BCUT2D eigenvalue weighted by atomic mass is 16.5. The fraction of sp³-hybridized carbons (Fsp3) is 0.480. The zero-order chi connectivity index (χ0) is 39.3. The summed E-state index contributed by atoms with van der Waals surface area (Å²) in [7, 11) is 0. The van der Waals surface area contributed by atoms with Gasteiger partial charge in [0.2, 0.25) is 0 Å². The van der Waals surface area contributed by atoms with E-state index in [1.54, 1.807) is 12.1 Å². The maximum atomic E-state index is 13.8. The number of unbranched alkanes of at least 4 members (excludes halogenated alkanes) is 18. The zero-order valence-corrected chi connectivity index (χ0v) is 33.8. The van der Waals surface area contributed by atoms with Crippen molar-refractivity contribution in [3.8, 4) is 11.5 Å². The van der Waals surface area contributed by atoms with Crippen LogP contribution in [0.1, 0.15) is 142 Å². The SMILES string of the molecule is CCCCCCCCCCCCOc1cc2cc(OCCCCCCCCCCCC)c3ccc4c(=O)ccc(=O)c4c3c2c2c1ccc1c(=O)ccc(=O)c12. The van der Waals surface area contributed by atoms with Crippen molar-refractivity contribution >= 4 is 53.9 Å². The van der Waals surface area contributed by atoms with Gasteiger partial charge >= 0.3 is 0 Å². The molecule has 0 heterocycles. The van der Waals surface area contributed by atoms with Crippen LogP contribution in [0.3, 0.4) is 0 Å². The van der Waals surface area contributed by atoms with E-state index in [1.165, 1.54) is 127 Å². The van der Waals surface area contributed by atoms with Crippen molar-refractivity contribution in [3.05, 3.63) is 102 Å². The molecule has 0 atom stereocenters. The predicted octanol–water partition coefficient (Wildman–Crippen LogP) is 12.4. The molecule has 0 unspecified atom stereocenters. The highest BCUT2D eigenvalue weighted by molar-refractivity contribution is 6.33. The molecule has 0 aliphatic rings. The van der Waals surface area contributed by atoms with Crippen LogP contribution in [-0.4, -0.2) is 13.2 Å². The molecular formula is C50H60O6. The minimum absolute atomic E-state index is 0.247. The van der Waals surface area contributed by atoms with Crippen molar-refractivity contribution in [1.29, 1.82) is 0 Å². The van der Waals surface area contributed by atoms with Crippen molar-refractivity contribution in [2.45, 2.75) is 142 Å². The Morgan fingerprint density at radius 2 is 0.661 bits per heavy atom. The highest BCUT2D eigenvalue weighted by Crippen LogP contribution is 2.44. The van der Waals surface area contributed by atoms with Crippen LogP contribution in [-0.2, 0) is 0 Å². The Hall–Kier alpha value is -4.58. The number of hydrogen-bond acceptors (Lipinski definition) is 6. The molecular weight excluding hydrogens is 697 g/mol. The Morgan fingerprint density at radius 1 is 0.339 bits per heavy atom. The van der Waals surface area contributed by atoms with Gasteiger partial charge in [-0.25, -0.2) is 0 Å². The fourth-order valence-electron chi connectivity index (χ4n) is 8.53. The molecule has 0 saturated heterocycles. The van der Waals surface area contributed by atoms with Crippen molar-refractivity contribution in [1.82, 2.24) is 0 Å². The smallest absolute Gasteiger partial charge is 0.187 e. The quantitative estimate of drug-likeness (QED) is 0.0451. The molecule has 56 heavy (non-hydrogen) atoms. The third kappa shape index (κ3) is 9.68. The van der Waals surface area contributed by atoms with Gasteiger partial charge in [0.25, 0.3) is 0 Å². The first kappa shape index (κ1) is 41.1. The Balaban J connectivity index is 1.35. The normalized spacial score (nSPS) is 11.8. The summed E-state index contributed by atoms with van der Waals surface area (Å²) in [6.07, 6.45) is 24.4. The van der Waals surface area contributed by atoms with Crippen molar-refractivity contribution in [3.63, 3.8) is 0 Å². The first-order chi connectivity index (χ1) is 27.4. The third-order valence-corrected chi connectivity index (χ3v) is 11.6. The summed E-state index contributed by atoms with van der Waals surface area (Å²) < 4.78 is 13.1. The van der Waals surface area contributed by atoms with Crippen LogP contribution in [0.4, 0.5) is 0 Å². The van der Waals surface area contributed by atoms with E-state index >= 15 is 0 Å². The molecule has 0 aliphatic carbocycles. The van der Waals surface area contributed by atoms with Gasteiger partial charge in [-0.2, -0.15) is 0 Å².